The van der Waals surface area contributed by atoms with Gasteiger partial charge in [-0.15, -0.1) is 0 Å². The number of hydrogen-bond donors (Lipinski definition) is 1. The van der Waals surface area contributed by atoms with Crippen LogP contribution < -0.4 is 5.32 Å². The zero-order valence-corrected chi connectivity index (χ0v) is 13.0. The minimum Gasteiger partial charge on any atom is -0.310 e. The molecule has 0 aliphatic carbocycles. The lowest BCUT2D eigenvalue weighted by atomic mass is 9.97. The zero-order chi connectivity index (χ0) is 14.5. The van der Waals surface area contributed by atoms with Gasteiger partial charge in [-0.2, -0.15) is 0 Å². The molecule has 0 atom stereocenters. The molecule has 20 heavy (non-hydrogen) atoms. The Kier molecular flexibility index (Phi) is 4.97. The van der Waals surface area contributed by atoms with Crippen molar-refractivity contribution in [2.45, 2.75) is 46.7 Å². The fourth-order valence-electron chi connectivity index (χ4n) is 2.33. The number of hydrogen-bond acceptors (Lipinski definition) is 1. The van der Waals surface area contributed by atoms with E-state index < -0.39 is 0 Å². The van der Waals surface area contributed by atoms with Crippen LogP contribution in [0.5, 0.6) is 0 Å². The average molecular weight is 267 g/mol. The second-order valence-corrected chi connectivity index (χ2v) is 5.74. The van der Waals surface area contributed by atoms with Crippen LogP contribution in [0.15, 0.2) is 42.5 Å². The first-order valence-electron chi connectivity index (χ1n) is 7.52. The first-order valence-corrected chi connectivity index (χ1v) is 7.52. The van der Waals surface area contributed by atoms with Gasteiger partial charge in [0.2, 0.25) is 0 Å². The first kappa shape index (κ1) is 14.8. The Bertz CT molecular complexity index is 552. The van der Waals surface area contributed by atoms with Crippen molar-refractivity contribution in [3.05, 3.63) is 59.2 Å². The van der Waals surface area contributed by atoms with E-state index in [-0.39, 0.29) is 0 Å². The van der Waals surface area contributed by atoms with E-state index in [1.54, 1.807) is 0 Å². The quantitative estimate of drug-likeness (QED) is 0.826. The van der Waals surface area contributed by atoms with Crippen LogP contribution in [0.1, 0.15) is 37.5 Å². The maximum atomic E-state index is 3.48. The monoisotopic (exact) mass is 267 g/mol. The number of benzene rings is 2. The van der Waals surface area contributed by atoms with E-state index in [0.29, 0.717) is 6.04 Å². The first-order chi connectivity index (χ1) is 9.60. The lowest BCUT2D eigenvalue weighted by Gasteiger charge is -2.12. The van der Waals surface area contributed by atoms with Crippen LogP contribution in [0.2, 0.25) is 0 Å². The average Bonchev–Trinajstić information content (AvgIpc) is 2.46. The van der Waals surface area contributed by atoms with Crippen molar-refractivity contribution in [2.24, 2.45) is 0 Å². The molecule has 0 heterocycles. The van der Waals surface area contributed by atoms with Gasteiger partial charge in [0.25, 0.3) is 0 Å². The highest BCUT2D eigenvalue weighted by atomic mass is 14.9. The molecule has 0 aliphatic heterocycles. The summed E-state index contributed by atoms with van der Waals surface area (Å²) in [6.07, 6.45) is 1.09. The Hall–Kier alpha value is -1.60. The van der Waals surface area contributed by atoms with Crippen LogP contribution >= 0.6 is 0 Å². The van der Waals surface area contributed by atoms with E-state index >= 15 is 0 Å². The highest BCUT2D eigenvalue weighted by Crippen LogP contribution is 2.25. The molecule has 2 aromatic carbocycles. The van der Waals surface area contributed by atoms with E-state index in [1.165, 1.54) is 27.8 Å². The summed E-state index contributed by atoms with van der Waals surface area (Å²) < 4.78 is 0. The van der Waals surface area contributed by atoms with Crippen molar-refractivity contribution >= 4 is 0 Å². The molecule has 0 aromatic heterocycles. The molecule has 0 spiro atoms. The predicted octanol–water partition coefficient (Wildman–Crippen LogP) is 4.72. The van der Waals surface area contributed by atoms with Gasteiger partial charge in [0, 0.05) is 12.6 Å². The normalized spacial score (nSPS) is 11.1. The standard InChI is InChI=1S/C19H25N/c1-5-16-8-10-18(11-9-16)19-12-17(7-6-15(19)4)13-20-14(2)3/h6-12,14,20H,5,13H2,1-4H3. The molecule has 0 amide bonds. The van der Waals surface area contributed by atoms with Gasteiger partial charge in [0.15, 0.2) is 0 Å². The third kappa shape index (κ3) is 3.71. The molecule has 2 aromatic rings. The molecule has 0 saturated heterocycles. The highest BCUT2D eigenvalue weighted by Gasteiger charge is 2.04. The molecule has 0 saturated carbocycles. The summed E-state index contributed by atoms with van der Waals surface area (Å²) in [6, 6.07) is 16.2. The molecule has 0 fully saturated rings. The lowest BCUT2D eigenvalue weighted by molar-refractivity contribution is 0.589. The third-order valence-electron chi connectivity index (χ3n) is 3.69. The van der Waals surface area contributed by atoms with Crippen LogP contribution in [0.25, 0.3) is 11.1 Å². The highest BCUT2D eigenvalue weighted by molar-refractivity contribution is 5.68. The lowest BCUT2D eigenvalue weighted by Crippen LogP contribution is -2.21. The minimum atomic E-state index is 0.517. The van der Waals surface area contributed by atoms with Gasteiger partial charge in [-0.1, -0.05) is 57.2 Å². The summed E-state index contributed by atoms with van der Waals surface area (Å²) in [4.78, 5) is 0. The fourth-order valence-corrected chi connectivity index (χ4v) is 2.33. The zero-order valence-electron chi connectivity index (χ0n) is 13.0. The molecular formula is C19H25N. The van der Waals surface area contributed by atoms with Gasteiger partial charge in [-0.25, -0.2) is 0 Å². The van der Waals surface area contributed by atoms with Gasteiger partial charge < -0.3 is 5.32 Å². The minimum absolute atomic E-state index is 0.517. The molecule has 0 unspecified atom stereocenters. The van der Waals surface area contributed by atoms with Crippen LogP contribution in [-0.2, 0) is 13.0 Å². The van der Waals surface area contributed by atoms with Crippen LogP contribution in [0.3, 0.4) is 0 Å². The summed E-state index contributed by atoms with van der Waals surface area (Å²) in [5, 5.41) is 3.48. The SMILES string of the molecule is CCc1ccc(-c2cc(CNC(C)C)ccc2C)cc1. The number of aryl methyl sites for hydroxylation is 2. The summed E-state index contributed by atoms with van der Waals surface area (Å²) in [6.45, 7) is 9.66. The molecule has 0 aliphatic rings. The van der Waals surface area contributed by atoms with E-state index in [9.17, 15) is 0 Å². The smallest absolute Gasteiger partial charge is 0.0208 e. The Balaban J connectivity index is 2.27. The van der Waals surface area contributed by atoms with Crippen molar-refractivity contribution in [1.82, 2.24) is 5.32 Å². The summed E-state index contributed by atoms with van der Waals surface area (Å²) in [7, 11) is 0. The Labute approximate surface area is 123 Å². The van der Waals surface area contributed by atoms with Crippen LogP contribution in [0, 0.1) is 6.92 Å². The number of rotatable bonds is 5. The molecular weight excluding hydrogens is 242 g/mol. The molecule has 0 bridgehead atoms. The molecule has 1 nitrogen and oxygen atoms in total. The molecule has 1 heteroatoms. The molecule has 2 rings (SSSR count). The van der Waals surface area contributed by atoms with Gasteiger partial charge >= 0.3 is 0 Å². The topological polar surface area (TPSA) is 12.0 Å². The van der Waals surface area contributed by atoms with E-state index in [4.69, 9.17) is 0 Å². The second-order valence-electron chi connectivity index (χ2n) is 5.74. The summed E-state index contributed by atoms with van der Waals surface area (Å²) in [5.41, 5.74) is 6.73. The summed E-state index contributed by atoms with van der Waals surface area (Å²) in [5.74, 6) is 0. The van der Waals surface area contributed by atoms with Crippen molar-refractivity contribution in [2.75, 3.05) is 0 Å². The van der Waals surface area contributed by atoms with Gasteiger partial charge in [-0.3, -0.25) is 0 Å². The van der Waals surface area contributed by atoms with Gasteiger partial charge in [0.1, 0.15) is 0 Å². The predicted molar refractivity (Wildman–Crippen MR) is 88.0 cm³/mol. The third-order valence-corrected chi connectivity index (χ3v) is 3.69. The van der Waals surface area contributed by atoms with E-state index in [0.717, 1.165) is 13.0 Å². The van der Waals surface area contributed by atoms with Crippen LogP contribution in [-0.4, -0.2) is 6.04 Å². The van der Waals surface area contributed by atoms with Crippen molar-refractivity contribution in [1.29, 1.82) is 0 Å². The second kappa shape index (κ2) is 6.71. The molecule has 1 N–H and O–H groups in total. The largest absolute Gasteiger partial charge is 0.310 e. The maximum Gasteiger partial charge on any atom is 0.0208 e. The van der Waals surface area contributed by atoms with Crippen molar-refractivity contribution in [3.8, 4) is 11.1 Å². The number of nitrogens with one attached hydrogen (secondary N) is 1. The van der Waals surface area contributed by atoms with Gasteiger partial charge in [0.05, 0.1) is 0 Å². The van der Waals surface area contributed by atoms with Gasteiger partial charge in [-0.05, 0) is 47.2 Å². The van der Waals surface area contributed by atoms with E-state index in [2.05, 4.69) is 75.5 Å². The fraction of sp³-hybridized carbons (Fsp3) is 0.368. The van der Waals surface area contributed by atoms with Crippen molar-refractivity contribution < 1.29 is 0 Å². The maximum absolute atomic E-state index is 3.48. The van der Waals surface area contributed by atoms with Crippen molar-refractivity contribution in [3.63, 3.8) is 0 Å². The molecule has 0 radical (unpaired) electrons. The Morgan fingerprint density at radius 1 is 0.950 bits per heavy atom. The van der Waals surface area contributed by atoms with E-state index in [1.807, 2.05) is 0 Å². The Morgan fingerprint density at radius 3 is 2.20 bits per heavy atom. The Morgan fingerprint density at radius 2 is 1.60 bits per heavy atom. The molecule has 106 valence electrons. The van der Waals surface area contributed by atoms with Crippen LogP contribution in [0.4, 0.5) is 0 Å². The summed E-state index contributed by atoms with van der Waals surface area (Å²) >= 11 is 0.